The Morgan fingerprint density at radius 1 is 1.08 bits per heavy atom. The SMILES string of the molecule is CNC(=O)[C@H]1CC[C@@H](C(=O)O)N(C(=O)c2ccc(C3CCC3)cc2)C1. The van der Waals surface area contributed by atoms with Gasteiger partial charge in [0.2, 0.25) is 5.91 Å². The Morgan fingerprint density at radius 3 is 2.28 bits per heavy atom. The predicted octanol–water partition coefficient (Wildman–Crippen LogP) is 2.01. The highest BCUT2D eigenvalue weighted by Gasteiger charge is 2.38. The number of rotatable bonds is 4. The predicted molar refractivity (Wildman–Crippen MR) is 92.3 cm³/mol. The van der Waals surface area contributed by atoms with Crippen molar-refractivity contribution in [1.82, 2.24) is 10.2 Å². The molecule has 6 heteroatoms. The van der Waals surface area contributed by atoms with Gasteiger partial charge in [0.15, 0.2) is 0 Å². The molecule has 2 amide bonds. The van der Waals surface area contributed by atoms with Crippen LogP contribution in [0.25, 0.3) is 0 Å². The van der Waals surface area contributed by atoms with Crippen molar-refractivity contribution >= 4 is 17.8 Å². The Morgan fingerprint density at radius 2 is 1.76 bits per heavy atom. The minimum atomic E-state index is -1.02. The highest BCUT2D eigenvalue weighted by molar-refractivity contribution is 5.97. The smallest absolute Gasteiger partial charge is 0.326 e. The lowest BCUT2D eigenvalue weighted by molar-refractivity contribution is -0.145. The van der Waals surface area contributed by atoms with Gasteiger partial charge in [-0.15, -0.1) is 0 Å². The third kappa shape index (κ3) is 3.52. The second-order valence-corrected chi connectivity index (χ2v) is 6.95. The summed E-state index contributed by atoms with van der Waals surface area (Å²) in [6.45, 7) is 0.139. The van der Waals surface area contributed by atoms with Gasteiger partial charge in [-0.2, -0.15) is 0 Å². The van der Waals surface area contributed by atoms with E-state index in [1.165, 1.54) is 29.7 Å². The maximum atomic E-state index is 12.9. The van der Waals surface area contributed by atoms with Gasteiger partial charge in [-0.25, -0.2) is 4.79 Å². The molecule has 0 radical (unpaired) electrons. The van der Waals surface area contributed by atoms with Crippen LogP contribution in [0.3, 0.4) is 0 Å². The topological polar surface area (TPSA) is 86.7 Å². The van der Waals surface area contributed by atoms with Gasteiger partial charge in [-0.1, -0.05) is 18.6 Å². The van der Waals surface area contributed by atoms with Crippen molar-refractivity contribution in [3.8, 4) is 0 Å². The number of nitrogens with one attached hydrogen (secondary N) is 1. The second-order valence-electron chi connectivity index (χ2n) is 6.95. The standard InChI is InChI=1S/C19H24N2O4/c1-20-17(22)15-9-10-16(19(24)25)21(11-15)18(23)14-7-5-13(6-8-14)12-3-2-4-12/h5-8,12,15-16H,2-4,9-11H2,1H3,(H,20,22)(H,24,25)/t15-,16-/m0/s1. The number of hydrogen-bond donors (Lipinski definition) is 2. The molecule has 1 aromatic rings. The highest BCUT2D eigenvalue weighted by Crippen LogP contribution is 2.36. The normalized spacial score (nSPS) is 23.6. The number of piperidine rings is 1. The van der Waals surface area contributed by atoms with Crippen molar-refractivity contribution in [3.63, 3.8) is 0 Å². The molecule has 1 heterocycles. The quantitative estimate of drug-likeness (QED) is 0.875. The van der Waals surface area contributed by atoms with E-state index in [0.717, 1.165) is 0 Å². The number of carboxylic acids is 1. The fourth-order valence-electron chi connectivity index (χ4n) is 3.68. The van der Waals surface area contributed by atoms with Crippen LogP contribution in [0, 0.1) is 5.92 Å². The summed E-state index contributed by atoms with van der Waals surface area (Å²) < 4.78 is 0. The van der Waals surface area contributed by atoms with E-state index in [9.17, 15) is 19.5 Å². The summed E-state index contributed by atoms with van der Waals surface area (Å²) in [5.41, 5.74) is 1.71. The zero-order valence-electron chi connectivity index (χ0n) is 14.4. The lowest BCUT2D eigenvalue weighted by Gasteiger charge is -2.37. The van der Waals surface area contributed by atoms with E-state index in [1.54, 1.807) is 19.2 Å². The summed E-state index contributed by atoms with van der Waals surface area (Å²) in [6.07, 6.45) is 4.39. The van der Waals surface area contributed by atoms with E-state index in [4.69, 9.17) is 0 Å². The molecule has 1 aromatic carbocycles. The number of hydrogen-bond acceptors (Lipinski definition) is 3. The Hall–Kier alpha value is -2.37. The number of carbonyl (C=O) groups is 3. The molecule has 0 aromatic heterocycles. The molecule has 1 aliphatic carbocycles. The molecule has 0 spiro atoms. The molecular formula is C19H24N2O4. The number of aliphatic carboxylic acids is 1. The van der Waals surface area contributed by atoms with Crippen molar-refractivity contribution in [3.05, 3.63) is 35.4 Å². The van der Waals surface area contributed by atoms with Crippen molar-refractivity contribution in [2.75, 3.05) is 13.6 Å². The molecule has 3 rings (SSSR count). The van der Waals surface area contributed by atoms with E-state index in [1.807, 2.05) is 12.1 Å². The van der Waals surface area contributed by atoms with E-state index in [-0.39, 0.29) is 24.3 Å². The van der Waals surface area contributed by atoms with Crippen LogP contribution < -0.4 is 5.32 Å². The van der Waals surface area contributed by atoms with Crippen LogP contribution in [0.15, 0.2) is 24.3 Å². The summed E-state index contributed by atoms with van der Waals surface area (Å²) in [5.74, 6) is -1.26. The van der Waals surface area contributed by atoms with Crippen LogP contribution in [0.5, 0.6) is 0 Å². The molecule has 1 saturated carbocycles. The zero-order valence-corrected chi connectivity index (χ0v) is 14.4. The molecule has 2 fully saturated rings. The minimum absolute atomic E-state index is 0.139. The van der Waals surface area contributed by atoms with Crippen LogP contribution in [0.2, 0.25) is 0 Å². The molecule has 0 bridgehead atoms. The first kappa shape index (κ1) is 17.5. The number of carboxylic acid groups (broad SMARTS) is 1. The fraction of sp³-hybridized carbons (Fsp3) is 0.526. The molecule has 25 heavy (non-hydrogen) atoms. The Kier molecular flexibility index (Phi) is 5.06. The van der Waals surface area contributed by atoms with E-state index >= 15 is 0 Å². The van der Waals surface area contributed by atoms with Crippen LogP contribution in [-0.2, 0) is 9.59 Å². The van der Waals surface area contributed by atoms with Crippen LogP contribution in [-0.4, -0.2) is 47.4 Å². The monoisotopic (exact) mass is 344 g/mol. The van der Waals surface area contributed by atoms with Crippen molar-refractivity contribution < 1.29 is 19.5 Å². The first-order valence-electron chi connectivity index (χ1n) is 8.86. The van der Waals surface area contributed by atoms with Crippen LogP contribution >= 0.6 is 0 Å². The van der Waals surface area contributed by atoms with Crippen LogP contribution in [0.4, 0.5) is 0 Å². The Balaban J connectivity index is 1.78. The molecule has 0 unspecified atom stereocenters. The van der Waals surface area contributed by atoms with Crippen molar-refractivity contribution in [1.29, 1.82) is 0 Å². The summed E-state index contributed by atoms with van der Waals surface area (Å²) in [6, 6.07) is 6.61. The average Bonchev–Trinajstić information content (AvgIpc) is 2.59. The van der Waals surface area contributed by atoms with Crippen LogP contribution in [0.1, 0.15) is 53.9 Å². The second kappa shape index (κ2) is 7.25. The van der Waals surface area contributed by atoms with E-state index in [0.29, 0.717) is 24.3 Å². The lowest BCUT2D eigenvalue weighted by atomic mass is 9.80. The molecule has 1 saturated heterocycles. The van der Waals surface area contributed by atoms with Gasteiger partial charge in [0.05, 0.1) is 5.92 Å². The summed E-state index contributed by atoms with van der Waals surface area (Å²) >= 11 is 0. The Labute approximate surface area is 147 Å². The van der Waals surface area contributed by atoms with Gasteiger partial charge in [-0.05, 0) is 49.3 Å². The average molecular weight is 344 g/mol. The number of nitrogens with zero attached hydrogens (tertiary/aromatic N) is 1. The zero-order chi connectivity index (χ0) is 18.0. The first-order valence-corrected chi connectivity index (χ1v) is 8.86. The lowest BCUT2D eigenvalue weighted by Crippen LogP contribution is -2.53. The van der Waals surface area contributed by atoms with E-state index in [2.05, 4.69) is 5.32 Å². The maximum Gasteiger partial charge on any atom is 0.326 e. The number of amides is 2. The van der Waals surface area contributed by atoms with Gasteiger partial charge in [-0.3, -0.25) is 9.59 Å². The minimum Gasteiger partial charge on any atom is -0.480 e. The van der Waals surface area contributed by atoms with Gasteiger partial charge in [0, 0.05) is 19.2 Å². The summed E-state index contributed by atoms with van der Waals surface area (Å²) in [7, 11) is 1.55. The molecule has 1 aliphatic heterocycles. The van der Waals surface area contributed by atoms with E-state index < -0.39 is 12.0 Å². The van der Waals surface area contributed by atoms with Gasteiger partial charge >= 0.3 is 5.97 Å². The maximum absolute atomic E-state index is 12.9. The van der Waals surface area contributed by atoms with Gasteiger partial charge < -0.3 is 15.3 Å². The van der Waals surface area contributed by atoms with Gasteiger partial charge in [0.1, 0.15) is 6.04 Å². The Bertz CT molecular complexity index is 667. The molecule has 6 nitrogen and oxygen atoms in total. The number of benzene rings is 1. The summed E-state index contributed by atoms with van der Waals surface area (Å²) in [5, 5.41) is 12.0. The largest absolute Gasteiger partial charge is 0.480 e. The first-order chi connectivity index (χ1) is 12.0. The number of likely N-dealkylation sites (tertiary alicyclic amines) is 1. The van der Waals surface area contributed by atoms with Crippen molar-refractivity contribution in [2.24, 2.45) is 5.92 Å². The highest BCUT2D eigenvalue weighted by atomic mass is 16.4. The fourth-order valence-corrected chi connectivity index (χ4v) is 3.68. The van der Waals surface area contributed by atoms with Gasteiger partial charge in [0.25, 0.3) is 5.91 Å². The molecule has 2 aliphatic rings. The molecule has 2 atom stereocenters. The van der Waals surface area contributed by atoms with Crippen molar-refractivity contribution in [2.45, 2.75) is 44.1 Å². The third-order valence-corrected chi connectivity index (χ3v) is 5.48. The molecule has 2 N–H and O–H groups in total. The summed E-state index contributed by atoms with van der Waals surface area (Å²) in [4.78, 5) is 37.7. The molecular weight excluding hydrogens is 320 g/mol. The number of carbonyl (C=O) groups excluding carboxylic acids is 2. The third-order valence-electron chi connectivity index (χ3n) is 5.48. The molecule has 134 valence electrons.